The van der Waals surface area contributed by atoms with Crippen LogP contribution in [-0.4, -0.2) is 27.9 Å². The molecule has 25 heavy (non-hydrogen) atoms. The fourth-order valence-corrected chi connectivity index (χ4v) is 2.59. The van der Waals surface area contributed by atoms with Gasteiger partial charge in [0.15, 0.2) is 0 Å². The number of halogens is 2. The van der Waals surface area contributed by atoms with Gasteiger partial charge in [0.25, 0.3) is 5.91 Å². The summed E-state index contributed by atoms with van der Waals surface area (Å²) in [5, 5.41) is 24.2. The first-order chi connectivity index (χ1) is 11.9. The molecule has 6 nitrogen and oxygen atoms in total. The molecule has 0 atom stereocenters. The van der Waals surface area contributed by atoms with E-state index >= 15 is 0 Å². The van der Waals surface area contributed by atoms with Crippen molar-refractivity contribution in [2.75, 3.05) is 5.32 Å². The number of rotatable bonds is 6. The first-order valence-corrected chi connectivity index (χ1v) is 7.96. The number of carboxylic acid groups (broad SMARTS) is 1. The van der Waals surface area contributed by atoms with Crippen LogP contribution in [0.25, 0.3) is 0 Å². The van der Waals surface area contributed by atoms with Gasteiger partial charge in [0.2, 0.25) is 0 Å². The Balaban J connectivity index is 2.09. The number of hydrogen-bond donors (Lipinski definition) is 3. The van der Waals surface area contributed by atoms with E-state index in [4.69, 9.17) is 33.5 Å². The largest absolute Gasteiger partial charge is 0.481 e. The lowest BCUT2D eigenvalue weighted by Gasteiger charge is -2.08. The summed E-state index contributed by atoms with van der Waals surface area (Å²) in [6, 6.07) is 11.0. The number of nitrogens with one attached hydrogen (secondary N) is 1. The van der Waals surface area contributed by atoms with E-state index in [1.807, 2.05) is 0 Å². The van der Waals surface area contributed by atoms with Gasteiger partial charge in [-0.3, -0.25) is 9.59 Å². The fraction of sp³-hybridized carbons (Fsp3) is 0.118. The third-order valence-electron chi connectivity index (χ3n) is 3.35. The van der Waals surface area contributed by atoms with Crippen molar-refractivity contribution >= 4 is 46.5 Å². The molecule has 0 saturated heterocycles. The summed E-state index contributed by atoms with van der Waals surface area (Å²) in [6.45, 7) is 0. The molecule has 0 radical (unpaired) electrons. The van der Waals surface area contributed by atoms with Gasteiger partial charge in [-0.1, -0.05) is 40.5 Å². The molecule has 0 bridgehead atoms. The smallest absolute Gasteiger partial charge is 0.303 e. The van der Waals surface area contributed by atoms with Gasteiger partial charge in [-0.2, -0.15) is 0 Å². The highest BCUT2D eigenvalue weighted by Gasteiger charge is 2.12. The summed E-state index contributed by atoms with van der Waals surface area (Å²) in [7, 11) is 0. The average Bonchev–Trinajstić information content (AvgIpc) is 2.56. The van der Waals surface area contributed by atoms with E-state index in [1.54, 1.807) is 30.3 Å². The molecule has 0 saturated carbocycles. The number of aliphatic carboxylic acids is 1. The van der Waals surface area contributed by atoms with E-state index in [0.717, 1.165) is 0 Å². The van der Waals surface area contributed by atoms with Crippen LogP contribution in [0.5, 0.6) is 0 Å². The molecule has 0 aromatic heterocycles. The topological polar surface area (TPSA) is 99.0 Å². The second kappa shape index (κ2) is 8.50. The van der Waals surface area contributed by atoms with Gasteiger partial charge in [0.05, 0.1) is 22.7 Å². The second-order valence-electron chi connectivity index (χ2n) is 5.10. The van der Waals surface area contributed by atoms with Crippen molar-refractivity contribution in [2.45, 2.75) is 12.8 Å². The average molecular weight is 381 g/mol. The van der Waals surface area contributed by atoms with Crippen LogP contribution in [0.15, 0.2) is 47.6 Å². The summed E-state index contributed by atoms with van der Waals surface area (Å²) >= 11 is 11.8. The van der Waals surface area contributed by atoms with Gasteiger partial charge in [-0.15, -0.1) is 0 Å². The van der Waals surface area contributed by atoms with Crippen LogP contribution in [0.4, 0.5) is 5.69 Å². The van der Waals surface area contributed by atoms with Crippen LogP contribution in [-0.2, 0) is 4.79 Å². The number of nitrogens with zero attached hydrogens (tertiary/aromatic N) is 1. The molecule has 2 aromatic carbocycles. The zero-order valence-corrected chi connectivity index (χ0v) is 14.4. The van der Waals surface area contributed by atoms with E-state index in [2.05, 4.69) is 10.5 Å². The maximum Gasteiger partial charge on any atom is 0.303 e. The number of carbonyl (C=O) groups is 2. The van der Waals surface area contributed by atoms with Crippen molar-refractivity contribution in [3.05, 3.63) is 63.6 Å². The number of benzene rings is 2. The van der Waals surface area contributed by atoms with E-state index < -0.39 is 11.9 Å². The molecular formula is C17H14Cl2N2O4. The number of carboxylic acids is 1. The fourth-order valence-electron chi connectivity index (χ4n) is 2.10. The van der Waals surface area contributed by atoms with Crippen molar-refractivity contribution in [1.82, 2.24) is 0 Å². The van der Waals surface area contributed by atoms with Crippen molar-refractivity contribution < 1.29 is 19.9 Å². The van der Waals surface area contributed by atoms with Crippen LogP contribution in [0.1, 0.15) is 28.8 Å². The van der Waals surface area contributed by atoms with Gasteiger partial charge in [0.1, 0.15) is 0 Å². The summed E-state index contributed by atoms with van der Waals surface area (Å²) in [6.07, 6.45) is -0.0507. The normalized spacial score (nSPS) is 11.2. The molecule has 0 aliphatic heterocycles. The predicted molar refractivity (Wildman–Crippen MR) is 96.1 cm³/mol. The van der Waals surface area contributed by atoms with Crippen LogP contribution in [0, 0.1) is 0 Å². The minimum atomic E-state index is -0.982. The van der Waals surface area contributed by atoms with Crippen LogP contribution in [0.2, 0.25) is 10.0 Å². The predicted octanol–water partition coefficient (Wildman–Crippen LogP) is 4.29. The highest BCUT2D eigenvalue weighted by atomic mass is 35.5. The Kier molecular flexibility index (Phi) is 6.38. The number of hydrogen-bond acceptors (Lipinski definition) is 4. The summed E-state index contributed by atoms with van der Waals surface area (Å²) in [4.78, 5) is 22.8. The lowest BCUT2D eigenvalue weighted by atomic mass is 10.1. The first-order valence-electron chi connectivity index (χ1n) is 7.20. The van der Waals surface area contributed by atoms with E-state index in [9.17, 15) is 9.59 Å². The van der Waals surface area contributed by atoms with E-state index in [1.165, 1.54) is 12.1 Å². The summed E-state index contributed by atoms with van der Waals surface area (Å²) in [5.74, 6) is -1.37. The Bertz CT molecular complexity index is 820. The first kappa shape index (κ1) is 18.8. The third-order valence-corrected chi connectivity index (χ3v) is 3.90. The number of amides is 1. The van der Waals surface area contributed by atoms with Gasteiger partial charge in [-0.25, -0.2) is 0 Å². The van der Waals surface area contributed by atoms with Crippen LogP contribution >= 0.6 is 23.2 Å². The quantitative estimate of drug-likeness (QED) is 0.395. The van der Waals surface area contributed by atoms with Crippen molar-refractivity contribution in [2.24, 2.45) is 5.16 Å². The summed E-state index contributed by atoms with van der Waals surface area (Å²) in [5.41, 5.74) is 1.61. The SMILES string of the molecule is O=C(O)CC/C(=N\O)c1ccc(NC(=O)c2ccc(Cl)cc2Cl)cc1. The Morgan fingerprint density at radius 3 is 2.28 bits per heavy atom. The van der Waals surface area contributed by atoms with Crippen LogP contribution in [0.3, 0.4) is 0 Å². The monoisotopic (exact) mass is 380 g/mol. The summed E-state index contributed by atoms with van der Waals surface area (Å²) < 4.78 is 0. The number of oxime groups is 1. The van der Waals surface area contributed by atoms with Gasteiger partial charge < -0.3 is 15.6 Å². The van der Waals surface area contributed by atoms with Crippen molar-refractivity contribution in [1.29, 1.82) is 0 Å². The maximum absolute atomic E-state index is 12.2. The molecule has 8 heteroatoms. The zero-order chi connectivity index (χ0) is 18.4. The molecule has 1 amide bonds. The van der Waals surface area contributed by atoms with E-state index in [0.29, 0.717) is 16.3 Å². The number of carbonyl (C=O) groups excluding carboxylic acids is 1. The highest BCUT2D eigenvalue weighted by Crippen LogP contribution is 2.22. The Morgan fingerprint density at radius 1 is 1.04 bits per heavy atom. The van der Waals surface area contributed by atoms with Gasteiger partial charge in [-0.05, 0) is 35.9 Å². The Hall–Kier alpha value is -2.57. The van der Waals surface area contributed by atoms with Crippen molar-refractivity contribution in [3.8, 4) is 0 Å². The zero-order valence-electron chi connectivity index (χ0n) is 12.9. The molecule has 0 spiro atoms. The molecule has 3 N–H and O–H groups in total. The molecular weight excluding hydrogens is 367 g/mol. The molecule has 0 fully saturated rings. The molecule has 0 aliphatic rings. The Morgan fingerprint density at radius 2 is 1.72 bits per heavy atom. The highest BCUT2D eigenvalue weighted by molar-refractivity contribution is 6.37. The van der Waals surface area contributed by atoms with E-state index in [-0.39, 0.29) is 29.1 Å². The molecule has 2 rings (SSSR count). The molecule has 2 aromatic rings. The lowest BCUT2D eigenvalue weighted by molar-refractivity contribution is -0.136. The Labute approximate surface area is 153 Å². The van der Waals surface area contributed by atoms with Crippen molar-refractivity contribution in [3.63, 3.8) is 0 Å². The van der Waals surface area contributed by atoms with Gasteiger partial charge in [0, 0.05) is 17.1 Å². The second-order valence-corrected chi connectivity index (χ2v) is 5.94. The molecule has 0 aliphatic carbocycles. The van der Waals surface area contributed by atoms with Crippen LogP contribution < -0.4 is 5.32 Å². The lowest BCUT2D eigenvalue weighted by Crippen LogP contribution is -2.12. The third kappa shape index (κ3) is 5.20. The molecule has 0 unspecified atom stereocenters. The number of anilines is 1. The van der Waals surface area contributed by atoms with Gasteiger partial charge >= 0.3 is 5.97 Å². The minimum absolute atomic E-state index is 0.0952. The minimum Gasteiger partial charge on any atom is -0.481 e. The maximum atomic E-state index is 12.2. The molecule has 130 valence electrons. The standard InChI is InChI=1S/C17H14Cl2N2O4/c18-11-3-6-13(14(19)9-11)17(24)20-12-4-1-10(2-5-12)15(21-25)7-8-16(22)23/h1-6,9,25H,7-8H2,(H,20,24)(H,22,23)/b21-15+. The molecule has 0 heterocycles.